The number of carboxylic acids is 1. The zero-order chi connectivity index (χ0) is 14.4. The summed E-state index contributed by atoms with van der Waals surface area (Å²) in [7, 11) is 0. The molecular weight excluding hydrogens is 258 g/mol. The van der Waals surface area contributed by atoms with Gasteiger partial charge in [-0.15, -0.1) is 0 Å². The van der Waals surface area contributed by atoms with Crippen molar-refractivity contribution in [3.63, 3.8) is 0 Å². The second-order valence-electron chi connectivity index (χ2n) is 4.54. The minimum absolute atomic E-state index is 0.0458. The number of hydrogen-bond donors (Lipinski definition) is 1. The molecule has 1 heterocycles. The minimum atomic E-state index is -1.00. The van der Waals surface area contributed by atoms with Crippen LogP contribution in [-0.4, -0.2) is 48.2 Å². The number of ether oxygens (including phenoxy) is 1. The van der Waals surface area contributed by atoms with Crippen LogP contribution in [0, 0.1) is 0 Å². The summed E-state index contributed by atoms with van der Waals surface area (Å²) >= 11 is 0. The largest absolute Gasteiger partial charge is 0.478 e. The zero-order valence-corrected chi connectivity index (χ0v) is 11.1. The molecule has 1 amide bonds. The summed E-state index contributed by atoms with van der Waals surface area (Å²) in [6.07, 6.45) is 2.88. The molecule has 5 heteroatoms. The van der Waals surface area contributed by atoms with E-state index in [-0.39, 0.29) is 12.3 Å². The van der Waals surface area contributed by atoms with Crippen LogP contribution in [0.15, 0.2) is 30.3 Å². The second kappa shape index (κ2) is 6.86. The van der Waals surface area contributed by atoms with E-state index in [1.54, 1.807) is 11.0 Å². The molecule has 1 aliphatic heterocycles. The molecule has 0 aromatic heterocycles. The number of carbonyl (C=O) groups is 2. The first-order chi connectivity index (χ1) is 9.66. The molecule has 0 atom stereocenters. The Labute approximate surface area is 117 Å². The number of morpholine rings is 1. The Morgan fingerprint density at radius 1 is 1.25 bits per heavy atom. The molecule has 0 bridgehead atoms. The molecule has 1 N–H and O–H groups in total. The number of rotatable bonds is 4. The smallest absolute Gasteiger partial charge is 0.328 e. The molecule has 0 radical (unpaired) electrons. The highest BCUT2D eigenvalue weighted by Gasteiger charge is 2.17. The van der Waals surface area contributed by atoms with Gasteiger partial charge >= 0.3 is 5.97 Å². The Morgan fingerprint density at radius 3 is 2.65 bits per heavy atom. The van der Waals surface area contributed by atoms with Gasteiger partial charge in [0.15, 0.2) is 0 Å². The summed E-state index contributed by atoms with van der Waals surface area (Å²) in [4.78, 5) is 24.5. The van der Waals surface area contributed by atoms with Gasteiger partial charge in [0.1, 0.15) is 0 Å². The molecule has 1 aromatic rings. The fraction of sp³-hybridized carbons (Fsp3) is 0.333. The van der Waals surface area contributed by atoms with Crippen LogP contribution in [0.1, 0.15) is 11.1 Å². The third kappa shape index (κ3) is 3.93. The predicted molar refractivity (Wildman–Crippen MR) is 74.2 cm³/mol. The van der Waals surface area contributed by atoms with Crippen molar-refractivity contribution >= 4 is 18.0 Å². The minimum Gasteiger partial charge on any atom is -0.478 e. The lowest BCUT2D eigenvalue weighted by Gasteiger charge is -2.27. The van der Waals surface area contributed by atoms with Crippen molar-refractivity contribution in [3.8, 4) is 0 Å². The Balaban J connectivity index is 2.08. The lowest BCUT2D eigenvalue weighted by Crippen LogP contribution is -2.41. The molecule has 5 nitrogen and oxygen atoms in total. The van der Waals surface area contributed by atoms with Crippen molar-refractivity contribution in [2.45, 2.75) is 6.42 Å². The van der Waals surface area contributed by atoms with Gasteiger partial charge in [0, 0.05) is 19.2 Å². The molecule has 2 rings (SSSR count). The van der Waals surface area contributed by atoms with E-state index in [9.17, 15) is 9.59 Å². The molecule has 1 aliphatic rings. The maximum absolute atomic E-state index is 12.2. The number of benzene rings is 1. The van der Waals surface area contributed by atoms with E-state index in [1.165, 1.54) is 6.08 Å². The Morgan fingerprint density at radius 2 is 1.95 bits per heavy atom. The average molecular weight is 275 g/mol. The van der Waals surface area contributed by atoms with Crippen LogP contribution in [0.3, 0.4) is 0 Å². The first kappa shape index (κ1) is 14.3. The highest BCUT2D eigenvalue weighted by Crippen LogP contribution is 2.13. The van der Waals surface area contributed by atoms with Gasteiger partial charge in [-0.2, -0.15) is 0 Å². The van der Waals surface area contributed by atoms with E-state index >= 15 is 0 Å². The number of amides is 1. The summed E-state index contributed by atoms with van der Waals surface area (Å²) in [6, 6.07) is 7.32. The van der Waals surface area contributed by atoms with Crippen molar-refractivity contribution < 1.29 is 19.4 Å². The second-order valence-corrected chi connectivity index (χ2v) is 4.54. The molecule has 0 saturated carbocycles. The highest BCUT2D eigenvalue weighted by molar-refractivity contribution is 5.86. The Bertz CT molecular complexity index is 518. The van der Waals surface area contributed by atoms with Crippen molar-refractivity contribution in [1.29, 1.82) is 0 Å². The van der Waals surface area contributed by atoms with E-state index in [0.717, 1.165) is 17.2 Å². The molecule has 1 aromatic carbocycles. The van der Waals surface area contributed by atoms with Crippen molar-refractivity contribution in [1.82, 2.24) is 4.90 Å². The van der Waals surface area contributed by atoms with Gasteiger partial charge in [-0.25, -0.2) is 4.79 Å². The first-order valence-electron chi connectivity index (χ1n) is 6.51. The van der Waals surface area contributed by atoms with Crippen LogP contribution in [0.5, 0.6) is 0 Å². The quantitative estimate of drug-likeness (QED) is 0.838. The molecular formula is C15H17NO4. The lowest BCUT2D eigenvalue weighted by atomic mass is 10.0. The van der Waals surface area contributed by atoms with Gasteiger partial charge in [0.2, 0.25) is 5.91 Å². The standard InChI is InChI=1S/C15H17NO4/c17-14(16-7-9-20-10-8-16)11-13-4-2-1-3-12(13)5-6-15(18)19/h1-6H,7-11H2,(H,18,19)/b6-5+. The number of carboxylic acid groups (broad SMARTS) is 1. The van der Waals surface area contributed by atoms with E-state index < -0.39 is 5.97 Å². The van der Waals surface area contributed by atoms with Crippen LogP contribution < -0.4 is 0 Å². The molecule has 20 heavy (non-hydrogen) atoms. The van der Waals surface area contributed by atoms with Crippen LogP contribution in [0.25, 0.3) is 6.08 Å². The summed E-state index contributed by atoms with van der Waals surface area (Å²) in [5.74, 6) is -0.955. The van der Waals surface area contributed by atoms with E-state index in [1.807, 2.05) is 18.2 Å². The SMILES string of the molecule is O=C(O)/C=C/c1ccccc1CC(=O)N1CCOCC1. The third-order valence-electron chi connectivity index (χ3n) is 3.17. The third-order valence-corrected chi connectivity index (χ3v) is 3.17. The molecule has 0 aliphatic carbocycles. The van der Waals surface area contributed by atoms with Gasteiger partial charge in [-0.05, 0) is 17.2 Å². The van der Waals surface area contributed by atoms with Crippen molar-refractivity contribution in [3.05, 3.63) is 41.5 Å². The van der Waals surface area contributed by atoms with Crippen molar-refractivity contribution in [2.75, 3.05) is 26.3 Å². The van der Waals surface area contributed by atoms with E-state index in [4.69, 9.17) is 9.84 Å². The summed E-state index contributed by atoms with van der Waals surface area (Å²) in [5.41, 5.74) is 1.60. The number of aliphatic carboxylic acids is 1. The summed E-state index contributed by atoms with van der Waals surface area (Å²) in [6.45, 7) is 2.39. The number of nitrogens with zero attached hydrogens (tertiary/aromatic N) is 1. The normalized spacial score (nSPS) is 15.5. The summed E-state index contributed by atoms with van der Waals surface area (Å²) in [5, 5.41) is 8.68. The van der Waals surface area contributed by atoms with Gasteiger partial charge in [-0.1, -0.05) is 24.3 Å². The number of carbonyl (C=O) groups excluding carboxylic acids is 1. The van der Waals surface area contributed by atoms with Crippen LogP contribution >= 0.6 is 0 Å². The lowest BCUT2D eigenvalue weighted by molar-refractivity contribution is -0.134. The van der Waals surface area contributed by atoms with Gasteiger partial charge in [0.05, 0.1) is 19.6 Å². The molecule has 0 spiro atoms. The van der Waals surface area contributed by atoms with E-state index in [0.29, 0.717) is 26.3 Å². The van der Waals surface area contributed by atoms with Crippen LogP contribution in [0.4, 0.5) is 0 Å². The fourth-order valence-electron chi connectivity index (χ4n) is 2.11. The van der Waals surface area contributed by atoms with Crippen LogP contribution in [0.2, 0.25) is 0 Å². The topological polar surface area (TPSA) is 66.8 Å². The first-order valence-corrected chi connectivity index (χ1v) is 6.51. The van der Waals surface area contributed by atoms with E-state index in [2.05, 4.69) is 0 Å². The van der Waals surface area contributed by atoms with Gasteiger partial charge in [-0.3, -0.25) is 4.79 Å². The van der Waals surface area contributed by atoms with Crippen molar-refractivity contribution in [2.24, 2.45) is 0 Å². The zero-order valence-electron chi connectivity index (χ0n) is 11.1. The summed E-state index contributed by atoms with van der Waals surface area (Å²) < 4.78 is 5.22. The fourth-order valence-corrected chi connectivity index (χ4v) is 2.11. The monoisotopic (exact) mass is 275 g/mol. The van der Waals surface area contributed by atoms with Gasteiger partial charge in [0.25, 0.3) is 0 Å². The Kier molecular flexibility index (Phi) is 4.90. The predicted octanol–water partition coefficient (Wildman–Crippen LogP) is 1.19. The maximum Gasteiger partial charge on any atom is 0.328 e. The van der Waals surface area contributed by atoms with Crippen LogP contribution in [-0.2, 0) is 20.7 Å². The highest BCUT2D eigenvalue weighted by atomic mass is 16.5. The maximum atomic E-state index is 12.2. The molecule has 106 valence electrons. The molecule has 0 unspecified atom stereocenters. The molecule has 1 saturated heterocycles. The van der Waals surface area contributed by atoms with Gasteiger partial charge < -0.3 is 14.7 Å². The Hall–Kier alpha value is -2.14. The number of hydrogen-bond acceptors (Lipinski definition) is 3. The average Bonchev–Trinajstić information content (AvgIpc) is 2.47. The molecule has 1 fully saturated rings.